The van der Waals surface area contributed by atoms with Crippen LogP contribution in [0.15, 0.2) is 0 Å². The van der Waals surface area contributed by atoms with Crippen molar-refractivity contribution in [3.8, 4) is 0 Å². The van der Waals surface area contributed by atoms with Crippen molar-refractivity contribution in [3.63, 3.8) is 0 Å². The molecule has 0 aliphatic heterocycles. The Bertz CT molecular complexity index is 305. The fraction of sp³-hybridized carbons (Fsp3) is 1.00. The quantitative estimate of drug-likeness (QED) is 0.135. The predicted octanol–water partition coefficient (Wildman–Crippen LogP) is 10.8. The maximum atomic E-state index is 6.13. The molecule has 2 unspecified atom stereocenters. The molecule has 0 aliphatic carbocycles. The maximum Gasteiger partial charge on any atom is 0.00131 e. The number of hydrogen-bond acceptors (Lipinski definition) is 1. The van der Waals surface area contributed by atoms with Gasteiger partial charge in [-0.1, -0.05) is 162 Å². The lowest BCUT2D eigenvalue weighted by molar-refractivity contribution is 0.360. The molecular weight excluding hydrogens is 398 g/mol. The highest BCUT2D eigenvalue weighted by Crippen LogP contribution is 2.23. The molecule has 0 aromatic rings. The van der Waals surface area contributed by atoms with Gasteiger partial charge in [0.2, 0.25) is 0 Å². The molecule has 0 bridgehead atoms. The molecular formula is C29H62ClN. The molecule has 0 aliphatic rings. The number of halogens is 1. The lowest BCUT2D eigenvalue weighted by atomic mass is 9.89. The summed E-state index contributed by atoms with van der Waals surface area (Å²) in [5.74, 6) is 0.887. The van der Waals surface area contributed by atoms with Crippen molar-refractivity contribution in [2.45, 2.75) is 181 Å². The molecule has 0 saturated carbocycles. The average molecular weight is 460 g/mol. The maximum absolute atomic E-state index is 6.13. The van der Waals surface area contributed by atoms with Crippen molar-refractivity contribution in [3.05, 3.63) is 0 Å². The molecule has 0 radical (unpaired) electrons. The van der Waals surface area contributed by atoms with Crippen LogP contribution in [-0.2, 0) is 0 Å². The fourth-order valence-corrected chi connectivity index (χ4v) is 4.92. The largest absolute Gasteiger partial charge is 0.328 e. The molecule has 2 atom stereocenters. The zero-order valence-electron chi connectivity index (χ0n) is 22.1. The zero-order chi connectivity index (χ0) is 22.1. The summed E-state index contributed by atoms with van der Waals surface area (Å²) in [6.45, 7) is 6.80. The van der Waals surface area contributed by atoms with E-state index in [1.165, 1.54) is 154 Å². The van der Waals surface area contributed by atoms with E-state index >= 15 is 0 Å². The summed E-state index contributed by atoms with van der Waals surface area (Å²) in [4.78, 5) is 0. The van der Waals surface area contributed by atoms with Gasteiger partial charge in [0.05, 0.1) is 0 Å². The van der Waals surface area contributed by atoms with Gasteiger partial charge in [0.1, 0.15) is 0 Å². The smallest absolute Gasteiger partial charge is 0.00131 e. The Labute approximate surface area is 204 Å². The summed E-state index contributed by atoms with van der Waals surface area (Å²) in [5.41, 5.74) is 6.13. The first-order valence-corrected chi connectivity index (χ1v) is 14.5. The second-order valence-electron chi connectivity index (χ2n) is 10.4. The third-order valence-electron chi connectivity index (χ3n) is 6.89. The van der Waals surface area contributed by atoms with Crippen LogP contribution >= 0.6 is 12.4 Å². The van der Waals surface area contributed by atoms with Crippen LogP contribution in [0.5, 0.6) is 0 Å². The molecule has 0 fully saturated rings. The van der Waals surface area contributed by atoms with E-state index in [2.05, 4.69) is 20.8 Å². The van der Waals surface area contributed by atoms with Crippen LogP contribution in [0.1, 0.15) is 175 Å². The van der Waals surface area contributed by atoms with Crippen LogP contribution in [-0.4, -0.2) is 6.04 Å². The number of nitrogens with two attached hydrogens (primary N) is 1. The molecule has 0 saturated heterocycles. The van der Waals surface area contributed by atoms with Gasteiger partial charge in [-0.15, -0.1) is 12.4 Å². The van der Waals surface area contributed by atoms with Crippen LogP contribution in [0.4, 0.5) is 0 Å². The van der Waals surface area contributed by atoms with E-state index in [1.54, 1.807) is 0 Å². The first kappa shape index (κ1) is 33.4. The monoisotopic (exact) mass is 459 g/mol. The molecule has 0 rings (SSSR count). The fourth-order valence-electron chi connectivity index (χ4n) is 4.92. The Morgan fingerprint density at radius 1 is 0.452 bits per heavy atom. The number of unbranched alkanes of at least 4 members (excludes halogenated alkanes) is 19. The van der Waals surface area contributed by atoms with Crippen molar-refractivity contribution < 1.29 is 0 Å². The van der Waals surface area contributed by atoms with Gasteiger partial charge in [0.15, 0.2) is 0 Å². The van der Waals surface area contributed by atoms with Crippen LogP contribution in [0, 0.1) is 5.92 Å². The van der Waals surface area contributed by atoms with Gasteiger partial charge in [-0.2, -0.15) is 0 Å². The van der Waals surface area contributed by atoms with E-state index in [0.29, 0.717) is 6.04 Å². The summed E-state index contributed by atoms with van der Waals surface area (Å²) in [6, 6.07) is 0.381. The van der Waals surface area contributed by atoms with Crippen LogP contribution in [0.25, 0.3) is 0 Å². The van der Waals surface area contributed by atoms with Gasteiger partial charge in [-0.25, -0.2) is 0 Å². The topological polar surface area (TPSA) is 26.0 Å². The predicted molar refractivity (Wildman–Crippen MR) is 147 cm³/mol. The highest BCUT2D eigenvalue weighted by molar-refractivity contribution is 5.85. The van der Waals surface area contributed by atoms with Gasteiger partial charge < -0.3 is 5.73 Å². The summed E-state index contributed by atoms with van der Waals surface area (Å²) in [5, 5.41) is 0. The minimum atomic E-state index is 0. The SMILES string of the molecule is CCCCCCCCCCCCCCCCC(CCCCCCCCC)CC(C)N.Cl. The summed E-state index contributed by atoms with van der Waals surface area (Å²) >= 11 is 0. The summed E-state index contributed by atoms with van der Waals surface area (Å²) in [7, 11) is 0. The number of rotatable bonds is 25. The zero-order valence-corrected chi connectivity index (χ0v) is 22.9. The van der Waals surface area contributed by atoms with Crippen molar-refractivity contribution in [1.29, 1.82) is 0 Å². The molecule has 0 amide bonds. The van der Waals surface area contributed by atoms with Crippen molar-refractivity contribution in [2.24, 2.45) is 11.7 Å². The molecule has 0 aromatic heterocycles. The minimum absolute atomic E-state index is 0. The van der Waals surface area contributed by atoms with E-state index in [0.717, 1.165) is 5.92 Å². The highest BCUT2D eigenvalue weighted by Gasteiger charge is 2.11. The summed E-state index contributed by atoms with van der Waals surface area (Å²) in [6.07, 6.45) is 34.5. The van der Waals surface area contributed by atoms with Crippen molar-refractivity contribution >= 4 is 12.4 Å². The highest BCUT2D eigenvalue weighted by atomic mass is 35.5. The Hall–Kier alpha value is 0.250. The van der Waals surface area contributed by atoms with E-state index in [4.69, 9.17) is 5.73 Å². The van der Waals surface area contributed by atoms with Gasteiger partial charge in [-0.3, -0.25) is 0 Å². The number of hydrogen-bond donors (Lipinski definition) is 1. The molecule has 0 aromatic carbocycles. The Morgan fingerprint density at radius 3 is 0.968 bits per heavy atom. The van der Waals surface area contributed by atoms with Crippen LogP contribution < -0.4 is 5.73 Å². The average Bonchev–Trinajstić information content (AvgIpc) is 2.72. The Kier molecular flexibility index (Phi) is 30.5. The van der Waals surface area contributed by atoms with E-state index in [9.17, 15) is 0 Å². The van der Waals surface area contributed by atoms with Gasteiger partial charge in [0.25, 0.3) is 0 Å². The van der Waals surface area contributed by atoms with Gasteiger partial charge in [-0.05, 0) is 19.3 Å². The second kappa shape index (κ2) is 28.3. The van der Waals surface area contributed by atoms with E-state index in [1.807, 2.05) is 0 Å². The first-order chi connectivity index (χ1) is 14.7. The molecule has 2 heteroatoms. The lowest BCUT2D eigenvalue weighted by Crippen LogP contribution is -2.19. The van der Waals surface area contributed by atoms with Gasteiger partial charge >= 0.3 is 0 Å². The second-order valence-corrected chi connectivity index (χ2v) is 10.4. The third-order valence-corrected chi connectivity index (χ3v) is 6.89. The molecule has 1 nitrogen and oxygen atoms in total. The molecule has 0 spiro atoms. The van der Waals surface area contributed by atoms with Crippen LogP contribution in [0.2, 0.25) is 0 Å². The molecule has 2 N–H and O–H groups in total. The van der Waals surface area contributed by atoms with Crippen LogP contribution in [0.3, 0.4) is 0 Å². The molecule has 31 heavy (non-hydrogen) atoms. The Morgan fingerprint density at radius 2 is 0.710 bits per heavy atom. The lowest BCUT2D eigenvalue weighted by Gasteiger charge is -2.19. The Balaban J connectivity index is 0. The van der Waals surface area contributed by atoms with E-state index < -0.39 is 0 Å². The summed E-state index contributed by atoms with van der Waals surface area (Å²) < 4.78 is 0. The van der Waals surface area contributed by atoms with Gasteiger partial charge in [0, 0.05) is 6.04 Å². The first-order valence-electron chi connectivity index (χ1n) is 14.5. The molecule has 190 valence electrons. The van der Waals surface area contributed by atoms with E-state index in [-0.39, 0.29) is 12.4 Å². The normalized spacial score (nSPS) is 13.2. The standard InChI is InChI=1S/C29H61N.ClH/c1-4-6-8-10-12-13-14-15-16-17-18-20-22-24-26-29(27-28(3)30)25-23-21-19-11-9-7-5-2;/h28-29H,4-27,30H2,1-3H3;1H. The van der Waals surface area contributed by atoms with Crippen molar-refractivity contribution in [1.82, 2.24) is 0 Å². The minimum Gasteiger partial charge on any atom is -0.328 e. The van der Waals surface area contributed by atoms with Crippen molar-refractivity contribution in [2.75, 3.05) is 0 Å². The molecule has 0 heterocycles. The third kappa shape index (κ3) is 28.2.